The third kappa shape index (κ3) is 1.42. The first kappa shape index (κ1) is 10.4. The highest BCUT2D eigenvalue weighted by Gasteiger charge is 2.15. The zero-order valence-electron chi connectivity index (χ0n) is 9.53. The first-order chi connectivity index (χ1) is 7.06. The van der Waals surface area contributed by atoms with Gasteiger partial charge in [-0.25, -0.2) is 0 Å². The van der Waals surface area contributed by atoms with Gasteiger partial charge in [-0.3, -0.25) is 9.25 Å². The van der Waals surface area contributed by atoms with Gasteiger partial charge in [-0.1, -0.05) is 6.92 Å². The van der Waals surface area contributed by atoms with E-state index in [0.29, 0.717) is 6.04 Å². The molecular weight excluding hydrogens is 208 g/mol. The maximum absolute atomic E-state index is 5.33. The summed E-state index contributed by atoms with van der Waals surface area (Å²) in [4.78, 5) is 3.23. The van der Waals surface area contributed by atoms with Crippen LogP contribution in [0.2, 0.25) is 0 Å². The molecule has 0 spiro atoms. The SMILES string of the molecule is CCC(C)n1c(=S)[nH]c2c(C)nn(C)c21. The van der Waals surface area contributed by atoms with Crippen molar-refractivity contribution < 1.29 is 0 Å². The summed E-state index contributed by atoms with van der Waals surface area (Å²) in [7, 11) is 1.96. The minimum atomic E-state index is 0.404. The van der Waals surface area contributed by atoms with Crippen molar-refractivity contribution in [3.8, 4) is 0 Å². The normalized spacial score (nSPS) is 13.6. The van der Waals surface area contributed by atoms with E-state index in [2.05, 4.69) is 28.5 Å². The van der Waals surface area contributed by atoms with Crippen LogP contribution in [0.15, 0.2) is 0 Å². The molecule has 0 radical (unpaired) electrons. The number of rotatable bonds is 2. The average molecular weight is 224 g/mol. The van der Waals surface area contributed by atoms with Gasteiger partial charge >= 0.3 is 0 Å². The second-order valence-electron chi connectivity index (χ2n) is 3.97. The molecule has 5 heteroatoms. The summed E-state index contributed by atoms with van der Waals surface area (Å²) < 4.78 is 4.82. The Kier molecular flexibility index (Phi) is 2.42. The number of hydrogen-bond donors (Lipinski definition) is 1. The summed E-state index contributed by atoms with van der Waals surface area (Å²) in [5.74, 6) is 0. The van der Waals surface area contributed by atoms with Gasteiger partial charge in [0.2, 0.25) is 0 Å². The van der Waals surface area contributed by atoms with Gasteiger partial charge in [0.05, 0.1) is 5.69 Å². The molecule has 0 aliphatic carbocycles. The summed E-state index contributed by atoms with van der Waals surface area (Å²) in [6.07, 6.45) is 1.06. The lowest BCUT2D eigenvalue weighted by Crippen LogP contribution is -2.07. The van der Waals surface area contributed by atoms with Crippen molar-refractivity contribution in [3.63, 3.8) is 0 Å². The number of H-pyrrole nitrogens is 1. The van der Waals surface area contributed by atoms with Crippen molar-refractivity contribution in [1.29, 1.82) is 0 Å². The molecular formula is C10H16N4S. The molecule has 0 aliphatic rings. The standard InChI is InChI=1S/C10H16N4S/c1-5-6(2)14-9-8(11-10(14)15)7(3)12-13(9)4/h6H,5H2,1-4H3,(H,11,15). The zero-order valence-corrected chi connectivity index (χ0v) is 10.4. The number of fused-ring (bicyclic) bond motifs is 1. The van der Waals surface area contributed by atoms with Crippen LogP contribution < -0.4 is 0 Å². The summed E-state index contributed by atoms with van der Waals surface area (Å²) >= 11 is 5.33. The van der Waals surface area contributed by atoms with Gasteiger partial charge in [-0.15, -0.1) is 0 Å². The fourth-order valence-electron chi connectivity index (χ4n) is 1.92. The maximum atomic E-state index is 5.33. The second kappa shape index (κ2) is 3.48. The van der Waals surface area contributed by atoms with Crippen LogP contribution in [0.25, 0.3) is 11.2 Å². The largest absolute Gasteiger partial charge is 0.328 e. The van der Waals surface area contributed by atoms with Gasteiger partial charge in [-0.2, -0.15) is 5.10 Å². The molecule has 0 bridgehead atoms. The number of aryl methyl sites for hydroxylation is 2. The average Bonchev–Trinajstić information content (AvgIpc) is 2.65. The Morgan fingerprint density at radius 2 is 2.20 bits per heavy atom. The minimum Gasteiger partial charge on any atom is -0.328 e. The summed E-state index contributed by atoms with van der Waals surface area (Å²) in [6.45, 7) is 6.33. The van der Waals surface area contributed by atoms with E-state index in [9.17, 15) is 0 Å². The molecule has 0 aromatic carbocycles. The van der Waals surface area contributed by atoms with Gasteiger partial charge in [0.1, 0.15) is 5.52 Å². The van der Waals surface area contributed by atoms with Crippen LogP contribution in [-0.2, 0) is 7.05 Å². The Morgan fingerprint density at radius 3 is 2.80 bits per heavy atom. The molecule has 1 N–H and O–H groups in total. The Morgan fingerprint density at radius 1 is 1.53 bits per heavy atom. The number of imidazole rings is 1. The van der Waals surface area contributed by atoms with Crippen LogP contribution in [0, 0.1) is 11.7 Å². The lowest BCUT2D eigenvalue weighted by Gasteiger charge is -2.11. The van der Waals surface area contributed by atoms with Crippen LogP contribution in [0.4, 0.5) is 0 Å². The number of nitrogens with one attached hydrogen (secondary N) is 1. The molecule has 4 nitrogen and oxygen atoms in total. The number of aromatic nitrogens is 4. The smallest absolute Gasteiger partial charge is 0.179 e. The lowest BCUT2D eigenvalue weighted by molar-refractivity contribution is 0.526. The van der Waals surface area contributed by atoms with E-state index in [0.717, 1.165) is 28.0 Å². The third-order valence-electron chi connectivity index (χ3n) is 2.90. The molecule has 2 heterocycles. The molecule has 0 saturated carbocycles. The highest BCUT2D eigenvalue weighted by Crippen LogP contribution is 2.22. The van der Waals surface area contributed by atoms with Gasteiger partial charge in [0.25, 0.3) is 0 Å². The molecule has 0 saturated heterocycles. The highest BCUT2D eigenvalue weighted by atomic mass is 32.1. The Hall–Kier alpha value is -1.10. The van der Waals surface area contributed by atoms with Crippen LogP contribution >= 0.6 is 12.2 Å². The zero-order chi connectivity index (χ0) is 11.2. The Balaban J connectivity index is 2.82. The minimum absolute atomic E-state index is 0.404. The molecule has 1 atom stereocenters. The van der Waals surface area contributed by atoms with E-state index >= 15 is 0 Å². The first-order valence-electron chi connectivity index (χ1n) is 5.20. The van der Waals surface area contributed by atoms with Gasteiger partial charge in [0, 0.05) is 13.1 Å². The molecule has 2 aromatic rings. The summed E-state index contributed by atoms with van der Waals surface area (Å²) in [5, 5.41) is 4.39. The summed E-state index contributed by atoms with van der Waals surface area (Å²) in [5.41, 5.74) is 3.15. The second-order valence-corrected chi connectivity index (χ2v) is 4.35. The third-order valence-corrected chi connectivity index (χ3v) is 3.20. The predicted molar refractivity (Wildman–Crippen MR) is 63.6 cm³/mol. The number of hydrogen-bond acceptors (Lipinski definition) is 2. The molecule has 82 valence electrons. The lowest BCUT2D eigenvalue weighted by atomic mass is 10.2. The molecule has 1 unspecified atom stereocenters. The molecule has 0 amide bonds. The molecule has 2 aromatic heterocycles. The van der Waals surface area contributed by atoms with Crippen molar-refractivity contribution in [2.75, 3.05) is 0 Å². The van der Waals surface area contributed by atoms with Crippen molar-refractivity contribution >= 4 is 23.4 Å². The Labute approximate surface area is 93.9 Å². The van der Waals surface area contributed by atoms with Crippen molar-refractivity contribution in [2.45, 2.75) is 33.2 Å². The van der Waals surface area contributed by atoms with Crippen molar-refractivity contribution in [1.82, 2.24) is 19.3 Å². The molecule has 15 heavy (non-hydrogen) atoms. The Bertz CT molecular complexity index is 546. The highest BCUT2D eigenvalue weighted by molar-refractivity contribution is 7.71. The number of aromatic amines is 1. The molecule has 2 rings (SSSR count). The van der Waals surface area contributed by atoms with Crippen LogP contribution in [-0.4, -0.2) is 19.3 Å². The van der Waals surface area contributed by atoms with Crippen LogP contribution in [0.3, 0.4) is 0 Å². The van der Waals surface area contributed by atoms with Crippen LogP contribution in [0.5, 0.6) is 0 Å². The van der Waals surface area contributed by atoms with Crippen molar-refractivity contribution in [3.05, 3.63) is 10.5 Å². The van der Waals surface area contributed by atoms with Gasteiger partial charge < -0.3 is 4.98 Å². The number of nitrogens with zero attached hydrogens (tertiary/aromatic N) is 3. The predicted octanol–water partition coefficient (Wildman–Crippen LogP) is 2.71. The molecule has 0 fully saturated rings. The maximum Gasteiger partial charge on any atom is 0.179 e. The first-order valence-corrected chi connectivity index (χ1v) is 5.60. The topological polar surface area (TPSA) is 38.5 Å². The van der Waals surface area contributed by atoms with E-state index in [1.807, 2.05) is 18.7 Å². The fraction of sp³-hybridized carbons (Fsp3) is 0.600. The van der Waals surface area contributed by atoms with E-state index in [4.69, 9.17) is 12.2 Å². The fourth-order valence-corrected chi connectivity index (χ4v) is 2.29. The van der Waals surface area contributed by atoms with Crippen LogP contribution in [0.1, 0.15) is 32.0 Å². The van der Waals surface area contributed by atoms with E-state index in [-0.39, 0.29) is 0 Å². The van der Waals surface area contributed by atoms with Gasteiger partial charge in [0.15, 0.2) is 10.4 Å². The van der Waals surface area contributed by atoms with E-state index in [1.165, 1.54) is 0 Å². The van der Waals surface area contributed by atoms with Gasteiger partial charge in [-0.05, 0) is 32.5 Å². The summed E-state index contributed by atoms with van der Waals surface area (Å²) in [6, 6.07) is 0.404. The van der Waals surface area contributed by atoms with E-state index < -0.39 is 0 Å². The monoisotopic (exact) mass is 224 g/mol. The quantitative estimate of drug-likeness (QED) is 0.797. The van der Waals surface area contributed by atoms with E-state index in [1.54, 1.807) is 0 Å². The van der Waals surface area contributed by atoms with Crippen molar-refractivity contribution in [2.24, 2.45) is 7.05 Å². The molecule has 0 aliphatic heterocycles.